The topological polar surface area (TPSA) is 46.4 Å². The average Bonchev–Trinajstić information content (AvgIpc) is 3.06. The molecule has 0 spiro atoms. The highest BCUT2D eigenvalue weighted by Crippen LogP contribution is 2.31. The summed E-state index contributed by atoms with van der Waals surface area (Å²) in [6.45, 7) is 2.33. The molecule has 0 unspecified atom stereocenters. The highest BCUT2D eigenvalue weighted by atomic mass is 32.1. The van der Waals surface area contributed by atoms with Gasteiger partial charge in [-0.25, -0.2) is 9.37 Å². The first kappa shape index (κ1) is 17.1. The molecule has 0 atom stereocenters. The van der Waals surface area contributed by atoms with Gasteiger partial charge in [0.1, 0.15) is 5.82 Å². The standard InChI is InChI=1S/C20H20FN3OS/c21-15-4-3-5-16(12-15)22-19(25)13-24-10-8-14(9-11-24)20-23-17-6-1-2-7-18(17)26-20/h1-7,12,14H,8-11,13H2,(H,22,25)/p+1. The summed E-state index contributed by atoms with van der Waals surface area (Å²) in [6.07, 6.45) is 2.09. The van der Waals surface area contributed by atoms with Crippen molar-refractivity contribution in [1.29, 1.82) is 0 Å². The number of quaternary nitrogens is 1. The maximum atomic E-state index is 13.2. The van der Waals surface area contributed by atoms with Crippen LogP contribution in [-0.4, -0.2) is 30.5 Å². The minimum Gasteiger partial charge on any atom is -0.327 e. The van der Waals surface area contributed by atoms with Crippen molar-refractivity contribution in [2.75, 3.05) is 25.0 Å². The molecule has 0 saturated carbocycles. The Morgan fingerprint density at radius 2 is 2.00 bits per heavy atom. The van der Waals surface area contributed by atoms with Crippen LogP contribution in [0.4, 0.5) is 10.1 Å². The molecule has 2 N–H and O–H groups in total. The van der Waals surface area contributed by atoms with Crippen LogP contribution in [0, 0.1) is 5.82 Å². The summed E-state index contributed by atoms with van der Waals surface area (Å²) in [5, 5.41) is 4.00. The Kier molecular flexibility index (Phi) is 4.95. The van der Waals surface area contributed by atoms with E-state index in [1.807, 2.05) is 12.1 Å². The zero-order valence-corrected chi connectivity index (χ0v) is 15.2. The predicted molar refractivity (Wildman–Crippen MR) is 102 cm³/mol. The molecular formula is C20H21FN3OS+. The van der Waals surface area contributed by atoms with Crippen molar-refractivity contribution in [1.82, 2.24) is 4.98 Å². The van der Waals surface area contributed by atoms with Crippen molar-refractivity contribution in [2.45, 2.75) is 18.8 Å². The second-order valence-electron chi connectivity index (χ2n) is 6.78. The zero-order chi connectivity index (χ0) is 17.9. The number of anilines is 1. The maximum Gasteiger partial charge on any atom is 0.279 e. The van der Waals surface area contributed by atoms with Gasteiger partial charge in [-0.05, 0) is 30.3 Å². The number of rotatable bonds is 4. The van der Waals surface area contributed by atoms with Crippen LogP contribution in [0.2, 0.25) is 0 Å². The monoisotopic (exact) mass is 370 g/mol. The van der Waals surface area contributed by atoms with Gasteiger partial charge >= 0.3 is 0 Å². The van der Waals surface area contributed by atoms with Gasteiger partial charge in [0.05, 0.1) is 28.3 Å². The molecule has 1 amide bonds. The van der Waals surface area contributed by atoms with E-state index in [2.05, 4.69) is 17.4 Å². The molecule has 2 aromatic carbocycles. The maximum absolute atomic E-state index is 13.2. The molecule has 4 nitrogen and oxygen atoms in total. The number of carbonyl (C=O) groups is 1. The van der Waals surface area contributed by atoms with Crippen LogP contribution in [0.5, 0.6) is 0 Å². The van der Waals surface area contributed by atoms with Crippen molar-refractivity contribution in [2.24, 2.45) is 0 Å². The van der Waals surface area contributed by atoms with Crippen LogP contribution < -0.4 is 10.2 Å². The van der Waals surface area contributed by atoms with Crippen LogP contribution >= 0.6 is 11.3 Å². The lowest BCUT2D eigenvalue weighted by atomic mass is 9.97. The van der Waals surface area contributed by atoms with Crippen molar-refractivity contribution in [3.05, 3.63) is 59.4 Å². The van der Waals surface area contributed by atoms with Gasteiger partial charge in [-0.2, -0.15) is 0 Å². The molecule has 1 aliphatic heterocycles. The van der Waals surface area contributed by atoms with Crippen LogP contribution in [-0.2, 0) is 4.79 Å². The SMILES string of the molecule is O=C(C[NH+]1CCC(c2nc3ccccc3s2)CC1)Nc1cccc(F)c1. The number of aromatic nitrogens is 1. The zero-order valence-electron chi connectivity index (χ0n) is 14.4. The number of hydrogen-bond donors (Lipinski definition) is 2. The number of hydrogen-bond acceptors (Lipinski definition) is 3. The number of benzene rings is 2. The Balaban J connectivity index is 1.31. The van der Waals surface area contributed by atoms with Crippen molar-refractivity contribution in [3.63, 3.8) is 0 Å². The molecule has 2 heterocycles. The van der Waals surface area contributed by atoms with E-state index in [1.54, 1.807) is 23.5 Å². The molecule has 0 radical (unpaired) electrons. The Morgan fingerprint density at radius 3 is 2.77 bits per heavy atom. The van der Waals surface area contributed by atoms with Gasteiger partial charge in [0.15, 0.2) is 6.54 Å². The minimum atomic E-state index is -0.341. The summed E-state index contributed by atoms with van der Waals surface area (Å²) in [5.74, 6) is 0.0817. The van der Waals surface area contributed by atoms with Crippen molar-refractivity contribution < 1.29 is 14.1 Å². The van der Waals surface area contributed by atoms with Crippen LogP contribution in [0.1, 0.15) is 23.8 Å². The number of para-hydroxylation sites is 1. The Morgan fingerprint density at radius 1 is 1.19 bits per heavy atom. The number of fused-ring (bicyclic) bond motifs is 1. The van der Waals surface area contributed by atoms with Crippen LogP contribution in [0.25, 0.3) is 10.2 Å². The van der Waals surface area contributed by atoms with Gasteiger partial charge in [0, 0.05) is 24.4 Å². The molecule has 0 aliphatic carbocycles. The van der Waals surface area contributed by atoms with Crippen LogP contribution in [0.15, 0.2) is 48.5 Å². The molecule has 134 valence electrons. The molecule has 0 bridgehead atoms. The summed E-state index contributed by atoms with van der Waals surface area (Å²) >= 11 is 1.79. The van der Waals surface area contributed by atoms with E-state index in [0.29, 0.717) is 18.2 Å². The lowest BCUT2D eigenvalue weighted by Crippen LogP contribution is -3.14. The number of nitrogens with zero attached hydrogens (tertiary/aromatic N) is 1. The summed E-state index contributed by atoms with van der Waals surface area (Å²) in [6, 6.07) is 14.3. The second kappa shape index (κ2) is 7.51. The van der Waals surface area contributed by atoms with E-state index in [4.69, 9.17) is 4.98 Å². The quantitative estimate of drug-likeness (QED) is 0.742. The Hall–Kier alpha value is -2.31. The Labute approximate surface area is 155 Å². The fourth-order valence-electron chi connectivity index (χ4n) is 3.51. The molecule has 3 aromatic rings. The summed E-state index contributed by atoms with van der Waals surface area (Å²) in [4.78, 5) is 18.3. The normalized spacial score (nSPS) is 20.2. The first-order valence-electron chi connectivity index (χ1n) is 8.92. The van der Waals surface area contributed by atoms with E-state index in [0.717, 1.165) is 31.4 Å². The number of amides is 1. The third-order valence-corrected chi connectivity index (χ3v) is 6.07. The number of thiazole rings is 1. The average molecular weight is 370 g/mol. The molecule has 1 aromatic heterocycles. The van der Waals surface area contributed by atoms with Crippen molar-refractivity contribution >= 4 is 33.1 Å². The molecule has 1 fully saturated rings. The lowest BCUT2D eigenvalue weighted by Gasteiger charge is -2.27. The van der Waals surface area contributed by atoms with Gasteiger partial charge in [-0.15, -0.1) is 11.3 Å². The largest absolute Gasteiger partial charge is 0.327 e. The number of piperidine rings is 1. The third-order valence-electron chi connectivity index (χ3n) is 4.87. The molecule has 1 saturated heterocycles. The fraction of sp³-hybridized carbons (Fsp3) is 0.300. The second-order valence-corrected chi connectivity index (χ2v) is 7.84. The van der Waals surface area contributed by atoms with E-state index < -0.39 is 0 Å². The number of likely N-dealkylation sites (tertiary alicyclic amines) is 1. The Bertz CT molecular complexity index is 885. The molecule has 4 rings (SSSR count). The molecule has 1 aliphatic rings. The fourth-order valence-corrected chi connectivity index (χ4v) is 4.65. The van der Waals surface area contributed by atoms with Gasteiger partial charge in [-0.1, -0.05) is 18.2 Å². The summed E-state index contributed by atoms with van der Waals surface area (Å²) in [5.41, 5.74) is 1.59. The molecular weight excluding hydrogens is 349 g/mol. The minimum absolute atomic E-state index is 0.0657. The highest BCUT2D eigenvalue weighted by molar-refractivity contribution is 7.18. The van der Waals surface area contributed by atoms with Gasteiger partial charge in [0.25, 0.3) is 5.91 Å². The first-order chi connectivity index (χ1) is 12.7. The van der Waals surface area contributed by atoms with Gasteiger partial charge in [-0.3, -0.25) is 4.79 Å². The van der Waals surface area contributed by atoms with Crippen molar-refractivity contribution in [3.8, 4) is 0 Å². The first-order valence-corrected chi connectivity index (χ1v) is 9.73. The van der Waals surface area contributed by atoms with E-state index in [1.165, 1.54) is 26.7 Å². The van der Waals surface area contributed by atoms with Gasteiger partial charge < -0.3 is 10.2 Å². The van der Waals surface area contributed by atoms with Gasteiger partial charge in [0.2, 0.25) is 0 Å². The lowest BCUT2D eigenvalue weighted by molar-refractivity contribution is -0.897. The smallest absolute Gasteiger partial charge is 0.279 e. The van der Waals surface area contributed by atoms with E-state index in [-0.39, 0.29) is 11.7 Å². The highest BCUT2D eigenvalue weighted by Gasteiger charge is 2.27. The molecule has 26 heavy (non-hydrogen) atoms. The number of halogens is 1. The van der Waals surface area contributed by atoms with E-state index in [9.17, 15) is 9.18 Å². The van der Waals surface area contributed by atoms with Crippen LogP contribution in [0.3, 0.4) is 0 Å². The molecule has 6 heteroatoms. The number of nitrogens with one attached hydrogen (secondary N) is 2. The summed E-state index contributed by atoms with van der Waals surface area (Å²) in [7, 11) is 0. The number of carbonyl (C=O) groups excluding carboxylic acids is 1. The summed E-state index contributed by atoms with van der Waals surface area (Å²) < 4.78 is 14.4. The third kappa shape index (κ3) is 3.92. The predicted octanol–water partition coefficient (Wildman–Crippen LogP) is 2.84. The van der Waals surface area contributed by atoms with E-state index >= 15 is 0 Å².